The van der Waals surface area contributed by atoms with Crippen LogP contribution in [0.1, 0.15) is 0 Å². The summed E-state index contributed by atoms with van der Waals surface area (Å²) < 4.78 is 2.47. The van der Waals surface area contributed by atoms with Crippen molar-refractivity contribution in [3.8, 4) is 0 Å². The molecule has 0 atom stereocenters. The van der Waals surface area contributed by atoms with E-state index in [0.717, 1.165) is 0 Å². The van der Waals surface area contributed by atoms with Crippen LogP contribution in [0.25, 0.3) is 0 Å². The molecule has 0 unspecified atom stereocenters. The molecule has 2 aliphatic rings. The Kier molecular flexibility index (Phi) is 2.51. The predicted molar refractivity (Wildman–Crippen MR) is 57.2 cm³/mol. The first-order valence-corrected chi connectivity index (χ1v) is 6.28. The zero-order valence-corrected chi connectivity index (χ0v) is 8.58. The number of aliphatic hydroxyl groups excluding tert-OH is 1. The summed E-state index contributed by atoms with van der Waals surface area (Å²) in [6, 6.07) is 0. The molecule has 0 fully saturated rings. The van der Waals surface area contributed by atoms with Gasteiger partial charge >= 0.3 is 0 Å². The number of thioether (sulfide) groups is 4. The molecule has 0 aromatic rings. The Morgan fingerprint density at radius 1 is 1.00 bits per heavy atom. The smallest absolute Gasteiger partial charge is 0.162 e. The van der Waals surface area contributed by atoms with E-state index in [2.05, 4.69) is 10.8 Å². The van der Waals surface area contributed by atoms with Gasteiger partial charge in [-0.15, -0.1) is 0 Å². The van der Waals surface area contributed by atoms with Crippen LogP contribution in [0.2, 0.25) is 0 Å². The highest BCUT2D eigenvalue weighted by Gasteiger charge is 2.17. The van der Waals surface area contributed by atoms with E-state index < -0.39 is 0 Å². The first kappa shape index (κ1) is 8.04. The third kappa shape index (κ3) is 1.77. The zero-order valence-electron chi connectivity index (χ0n) is 5.31. The standard InChI is InChI=1S/C6H4OS4/c7-4-3-10-6(11-4)5-8-1-2-9-5/h1-3,7H. The summed E-state index contributed by atoms with van der Waals surface area (Å²) in [7, 11) is 0. The van der Waals surface area contributed by atoms with Crippen molar-refractivity contribution in [1.29, 1.82) is 0 Å². The van der Waals surface area contributed by atoms with E-state index >= 15 is 0 Å². The van der Waals surface area contributed by atoms with Crippen molar-refractivity contribution in [1.82, 2.24) is 0 Å². The number of rotatable bonds is 0. The molecular formula is C6H4OS4. The third-order valence-corrected chi connectivity index (χ3v) is 5.85. The van der Waals surface area contributed by atoms with Gasteiger partial charge in [0.05, 0.1) is 8.47 Å². The van der Waals surface area contributed by atoms with Gasteiger partial charge in [-0.25, -0.2) is 0 Å². The van der Waals surface area contributed by atoms with Crippen LogP contribution >= 0.6 is 47.0 Å². The van der Waals surface area contributed by atoms with Crippen LogP contribution in [0.4, 0.5) is 0 Å². The van der Waals surface area contributed by atoms with E-state index in [1.165, 1.54) is 20.2 Å². The quantitative estimate of drug-likeness (QED) is 0.666. The molecule has 0 saturated heterocycles. The van der Waals surface area contributed by atoms with Crippen molar-refractivity contribution >= 4 is 47.0 Å². The van der Waals surface area contributed by atoms with Crippen molar-refractivity contribution in [2.45, 2.75) is 0 Å². The lowest BCUT2D eigenvalue weighted by molar-refractivity contribution is 0.459. The highest BCUT2D eigenvalue weighted by Crippen LogP contribution is 2.52. The Morgan fingerprint density at radius 2 is 1.73 bits per heavy atom. The summed E-state index contributed by atoms with van der Waals surface area (Å²) in [5.74, 6) is 0. The maximum atomic E-state index is 9.09. The molecule has 0 spiro atoms. The van der Waals surface area contributed by atoms with Gasteiger partial charge in [-0.1, -0.05) is 35.3 Å². The predicted octanol–water partition coefficient (Wildman–Crippen LogP) is 3.90. The summed E-state index contributed by atoms with van der Waals surface area (Å²) >= 11 is 6.47. The van der Waals surface area contributed by atoms with Crippen molar-refractivity contribution in [3.63, 3.8) is 0 Å². The lowest BCUT2D eigenvalue weighted by Gasteiger charge is -1.97. The Balaban J connectivity index is 2.12. The van der Waals surface area contributed by atoms with Gasteiger partial charge in [0.1, 0.15) is 0 Å². The Morgan fingerprint density at radius 3 is 2.27 bits per heavy atom. The first-order valence-electron chi connectivity index (χ1n) is 2.82. The van der Waals surface area contributed by atoms with Gasteiger partial charge < -0.3 is 5.11 Å². The zero-order chi connectivity index (χ0) is 7.68. The maximum absolute atomic E-state index is 9.09. The van der Waals surface area contributed by atoms with Crippen LogP contribution < -0.4 is 0 Å². The van der Waals surface area contributed by atoms with Gasteiger partial charge in [0.2, 0.25) is 0 Å². The molecule has 1 nitrogen and oxygen atoms in total. The Bertz CT molecular complexity index is 256. The summed E-state index contributed by atoms with van der Waals surface area (Å²) in [5, 5.41) is 15.4. The Labute approximate surface area is 81.8 Å². The van der Waals surface area contributed by atoms with Crippen LogP contribution in [-0.4, -0.2) is 5.11 Å². The van der Waals surface area contributed by atoms with Crippen molar-refractivity contribution in [2.24, 2.45) is 0 Å². The summed E-state index contributed by atoms with van der Waals surface area (Å²) in [6.07, 6.45) is 0. The molecule has 5 heteroatoms. The van der Waals surface area contributed by atoms with Gasteiger partial charge in [0.15, 0.2) is 5.09 Å². The monoisotopic (exact) mass is 220 g/mol. The van der Waals surface area contributed by atoms with E-state index in [1.807, 2.05) is 0 Å². The molecule has 58 valence electrons. The topological polar surface area (TPSA) is 20.2 Å². The van der Waals surface area contributed by atoms with Gasteiger partial charge in [0, 0.05) is 5.41 Å². The molecule has 0 radical (unpaired) electrons. The second-order valence-electron chi connectivity index (χ2n) is 1.76. The molecule has 0 aliphatic carbocycles. The van der Waals surface area contributed by atoms with Crippen molar-refractivity contribution in [3.05, 3.63) is 29.8 Å². The normalized spacial score (nSPS) is 23.1. The molecule has 2 aliphatic heterocycles. The molecule has 2 heterocycles. The fourth-order valence-electron chi connectivity index (χ4n) is 0.640. The van der Waals surface area contributed by atoms with E-state index in [4.69, 9.17) is 5.11 Å². The second-order valence-corrected chi connectivity index (χ2v) is 6.02. The maximum Gasteiger partial charge on any atom is 0.162 e. The number of hydrogen-bond acceptors (Lipinski definition) is 5. The van der Waals surface area contributed by atoms with E-state index in [1.54, 1.807) is 40.7 Å². The lowest BCUT2D eigenvalue weighted by Crippen LogP contribution is -1.66. The van der Waals surface area contributed by atoms with Gasteiger partial charge in [-0.05, 0) is 22.6 Å². The van der Waals surface area contributed by atoms with E-state index in [0.29, 0.717) is 5.09 Å². The van der Waals surface area contributed by atoms with Crippen molar-refractivity contribution < 1.29 is 5.11 Å². The number of aliphatic hydroxyl groups is 1. The number of hydrogen-bond donors (Lipinski definition) is 1. The average Bonchev–Trinajstić information content (AvgIpc) is 2.55. The van der Waals surface area contributed by atoms with Crippen LogP contribution in [-0.2, 0) is 0 Å². The summed E-state index contributed by atoms with van der Waals surface area (Å²) in [6.45, 7) is 0. The SMILES string of the molecule is OC1=CSC(=C2SC=CS2)S1. The fraction of sp³-hybridized carbons (Fsp3) is 0. The minimum Gasteiger partial charge on any atom is -0.501 e. The third-order valence-electron chi connectivity index (χ3n) is 1.04. The molecular weight excluding hydrogens is 216 g/mol. The molecule has 0 aromatic heterocycles. The molecule has 0 amide bonds. The van der Waals surface area contributed by atoms with Crippen molar-refractivity contribution in [2.75, 3.05) is 0 Å². The Hall–Kier alpha value is 0.420. The van der Waals surface area contributed by atoms with Gasteiger partial charge in [-0.3, -0.25) is 0 Å². The minimum atomic E-state index is 0.408. The van der Waals surface area contributed by atoms with E-state index in [-0.39, 0.29) is 0 Å². The molecule has 0 aromatic carbocycles. The second kappa shape index (κ2) is 3.43. The molecule has 1 N–H and O–H groups in total. The lowest BCUT2D eigenvalue weighted by atomic mass is 11.1. The summed E-state index contributed by atoms with van der Waals surface area (Å²) in [4.78, 5) is 0. The largest absolute Gasteiger partial charge is 0.501 e. The average molecular weight is 220 g/mol. The van der Waals surface area contributed by atoms with Crippen LogP contribution in [0.5, 0.6) is 0 Å². The summed E-state index contributed by atoms with van der Waals surface area (Å²) in [5.41, 5.74) is 0. The minimum absolute atomic E-state index is 0.408. The highest BCUT2D eigenvalue weighted by atomic mass is 32.2. The van der Waals surface area contributed by atoms with Crippen LogP contribution in [0, 0.1) is 0 Å². The van der Waals surface area contributed by atoms with Crippen LogP contribution in [0.15, 0.2) is 29.8 Å². The highest BCUT2D eigenvalue weighted by molar-refractivity contribution is 8.33. The molecule has 2 rings (SSSR count). The molecule has 11 heavy (non-hydrogen) atoms. The van der Waals surface area contributed by atoms with Gasteiger partial charge in [0.25, 0.3) is 0 Å². The fourth-order valence-corrected chi connectivity index (χ4v) is 4.70. The van der Waals surface area contributed by atoms with Gasteiger partial charge in [-0.2, -0.15) is 0 Å². The van der Waals surface area contributed by atoms with Crippen LogP contribution in [0.3, 0.4) is 0 Å². The first-order chi connectivity index (χ1) is 5.36. The molecule has 0 bridgehead atoms. The van der Waals surface area contributed by atoms with E-state index in [9.17, 15) is 0 Å². The molecule has 0 saturated carbocycles.